The summed E-state index contributed by atoms with van der Waals surface area (Å²) in [5.41, 5.74) is -0.405. The van der Waals surface area contributed by atoms with E-state index in [0.717, 1.165) is 31.8 Å². The van der Waals surface area contributed by atoms with Crippen LogP contribution in [0.5, 0.6) is 0 Å². The van der Waals surface area contributed by atoms with Crippen LogP contribution in [0.25, 0.3) is 0 Å². The van der Waals surface area contributed by atoms with Crippen LogP contribution in [0.3, 0.4) is 0 Å². The highest BCUT2D eigenvalue weighted by Crippen LogP contribution is 2.28. The quantitative estimate of drug-likeness (QED) is 0.842. The molecule has 4 nitrogen and oxygen atoms in total. The van der Waals surface area contributed by atoms with Gasteiger partial charge in [-0.2, -0.15) is 0 Å². The Labute approximate surface area is 123 Å². The Morgan fingerprint density at radius 2 is 1.95 bits per heavy atom. The van der Waals surface area contributed by atoms with Gasteiger partial charge in [-0.25, -0.2) is 4.79 Å². The second-order valence-corrected chi connectivity index (χ2v) is 7.37. The molecule has 0 bridgehead atoms. The van der Waals surface area contributed by atoms with Gasteiger partial charge >= 0.3 is 6.09 Å². The van der Waals surface area contributed by atoms with E-state index in [0.29, 0.717) is 12.1 Å². The summed E-state index contributed by atoms with van der Waals surface area (Å²) in [4.78, 5) is 14.1. The smallest absolute Gasteiger partial charge is 0.410 e. The second kappa shape index (κ2) is 6.33. The summed E-state index contributed by atoms with van der Waals surface area (Å²) in [6, 6.07) is 1.04. The highest BCUT2D eigenvalue weighted by Gasteiger charge is 2.35. The minimum Gasteiger partial charge on any atom is -0.444 e. The Bertz CT molecular complexity index is 334. The molecular formula is C16H30N2O2. The van der Waals surface area contributed by atoms with Crippen LogP contribution in [-0.4, -0.2) is 41.8 Å². The molecule has 0 aromatic carbocycles. The molecule has 1 N–H and O–H groups in total. The molecule has 0 aromatic rings. The lowest BCUT2D eigenvalue weighted by Gasteiger charge is -2.28. The Morgan fingerprint density at radius 3 is 2.45 bits per heavy atom. The zero-order valence-electron chi connectivity index (χ0n) is 13.4. The number of ether oxygens (including phenoxy) is 1. The molecule has 2 rings (SSSR count). The second-order valence-electron chi connectivity index (χ2n) is 7.37. The number of carbonyl (C=O) groups is 1. The normalized spacial score (nSPS) is 26.6. The highest BCUT2D eigenvalue weighted by atomic mass is 16.6. The molecule has 20 heavy (non-hydrogen) atoms. The van der Waals surface area contributed by atoms with Gasteiger partial charge in [-0.1, -0.05) is 13.3 Å². The van der Waals surface area contributed by atoms with E-state index in [-0.39, 0.29) is 6.09 Å². The van der Waals surface area contributed by atoms with Crippen LogP contribution >= 0.6 is 0 Å². The molecule has 0 spiro atoms. The van der Waals surface area contributed by atoms with Crippen molar-refractivity contribution in [3.05, 3.63) is 0 Å². The van der Waals surface area contributed by atoms with Crippen molar-refractivity contribution < 1.29 is 9.53 Å². The van der Waals surface area contributed by atoms with Crippen LogP contribution in [-0.2, 0) is 4.74 Å². The molecule has 4 heteroatoms. The molecule has 1 amide bonds. The number of nitrogens with one attached hydrogen (secondary N) is 1. The first-order chi connectivity index (χ1) is 9.37. The molecule has 2 unspecified atom stereocenters. The topological polar surface area (TPSA) is 41.6 Å². The predicted octanol–water partition coefficient (Wildman–Crippen LogP) is 3.16. The summed E-state index contributed by atoms with van der Waals surface area (Å²) < 4.78 is 5.50. The van der Waals surface area contributed by atoms with E-state index in [1.807, 2.05) is 25.7 Å². The van der Waals surface area contributed by atoms with Crippen LogP contribution in [0, 0.1) is 5.92 Å². The SMILES string of the molecule is CC1CCCC1NCCN(C(=O)OC(C)(C)C)C1CC1. The van der Waals surface area contributed by atoms with Crippen molar-refractivity contribution >= 4 is 6.09 Å². The zero-order valence-corrected chi connectivity index (χ0v) is 13.4. The van der Waals surface area contributed by atoms with Gasteiger partial charge in [-0.3, -0.25) is 0 Å². The average molecular weight is 282 g/mol. The molecule has 0 saturated heterocycles. The summed E-state index contributed by atoms with van der Waals surface area (Å²) in [6.45, 7) is 9.74. The minimum absolute atomic E-state index is 0.152. The number of carbonyl (C=O) groups excluding carboxylic acids is 1. The van der Waals surface area contributed by atoms with E-state index in [1.165, 1.54) is 19.3 Å². The summed E-state index contributed by atoms with van der Waals surface area (Å²) in [5, 5.41) is 3.61. The maximum absolute atomic E-state index is 12.2. The summed E-state index contributed by atoms with van der Waals surface area (Å²) in [6.07, 6.45) is 6.03. The van der Waals surface area contributed by atoms with Crippen LogP contribution in [0.4, 0.5) is 4.79 Å². The number of amides is 1. The first-order valence-electron chi connectivity index (χ1n) is 8.10. The van der Waals surface area contributed by atoms with Crippen molar-refractivity contribution in [1.29, 1.82) is 0 Å². The van der Waals surface area contributed by atoms with E-state index in [1.54, 1.807) is 0 Å². The van der Waals surface area contributed by atoms with E-state index in [4.69, 9.17) is 4.74 Å². The molecule has 2 aliphatic rings. The summed E-state index contributed by atoms with van der Waals surface area (Å²) >= 11 is 0. The maximum atomic E-state index is 12.2. The standard InChI is InChI=1S/C16H30N2O2/c1-12-6-5-7-14(12)17-10-11-18(13-8-9-13)15(19)20-16(2,3)4/h12-14,17H,5-11H2,1-4H3. The van der Waals surface area contributed by atoms with Crippen molar-refractivity contribution in [2.75, 3.05) is 13.1 Å². The fourth-order valence-corrected chi connectivity index (χ4v) is 2.95. The number of hydrogen-bond acceptors (Lipinski definition) is 3. The maximum Gasteiger partial charge on any atom is 0.410 e. The van der Waals surface area contributed by atoms with Crippen molar-refractivity contribution in [1.82, 2.24) is 10.2 Å². The van der Waals surface area contributed by atoms with Gasteiger partial charge in [0.05, 0.1) is 0 Å². The van der Waals surface area contributed by atoms with E-state index in [2.05, 4.69) is 12.2 Å². The third-order valence-electron chi connectivity index (χ3n) is 4.24. The molecule has 2 aliphatic carbocycles. The molecular weight excluding hydrogens is 252 g/mol. The van der Waals surface area contributed by atoms with E-state index >= 15 is 0 Å². The van der Waals surface area contributed by atoms with Crippen molar-refractivity contribution in [3.8, 4) is 0 Å². The van der Waals surface area contributed by atoms with Crippen LogP contribution < -0.4 is 5.32 Å². The van der Waals surface area contributed by atoms with Crippen molar-refractivity contribution in [2.45, 2.75) is 77.5 Å². The van der Waals surface area contributed by atoms with Gasteiger partial charge in [-0.05, 0) is 52.4 Å². The molecule has 2 saturated carbocycles. The molecule has 116 valence electrons. The summed E-state index contributed by atoms with van der Waals surface area (Å²) in [5.74, 6) is 0.769. The fourth-order valence-electron chi connectivity index (χ4n) is 2.95. The van der Waals surface area contributed by atoms with Crippen LogP contribution in [0.15, 0.2) is 0 Å². The number of nitrogens with zero attached hydrogens (tertiary/aromatic N) is 1. The van der Waals surface area contributed by atoms with Gasteiger partial charge in [0.25, 0.3) is 0 Å². The molecule has 0 aliphatic heterocycles. The molecule has 2 atom stereocenters. The molecule has 0 radical (unpaired) electrons. The molecule has 0 heterocycles. The number of rotatable bonds is 5. The van der Waals surface area contributed by atoms with Crippen LogP contribution in [0.2, 0.25) is 0 Å². The highest BCUT2D eigenvalue weighted by molar-refractivity contribution is 5.69. The minimum atomic E-state index is -0.405. The zero-order chi connectivity index (χ0) is 14.8. The van der Waals surface area contributed by atoms with Gasteiger partial charge in [0.2, 0.25) is 0 Å². The van der Waals surface area contributed by atoms with Gasteiger partial charge in [0.1, 0.15) is 5.60 Å². The largest absolute Gasteiger partial charge is 0.444 e. The number of hydrogen-bond donors (Lipinski definition) is 1. The summed E-state index contributed by atoms with van der Waals surface area (Å²) in [7, 11) is 0. The van der Waals surface area contributed by atoms with Gasteiger partial charge in [0.15, 0.2) is 0 Å². The Morgan fingerprint density at radius 1 is 1.25 bits per heavy atom. The lowest BCUT2D eigenvalue weighted by Crippen LogP contribution is -2.43. The first-order valence-corrected chi connectivity index (χ1v) is 8.10. The lowest BCUT2D eigenvalue weighted by molar-refractivity contribution is 0.0234. The fraction of sp³-hybridized carbons (Fsp3) is 0.938. The third-order valence-corrected chi connectivity index (χ3v) is 4.24. The van der Waals surface area contributed by atoms with E-state index in [9.17, 15) is 4.79 Å². The Hall–Kier alpha value is -0.770. The van der Waals surface area contributed by atoms with Crippen molar-refractivity contribution in [3.63, 3.8) is 0 Å². The average Bonchev–Trinajstić information content (AvgIpc) is 3.07. The van der Waals surface area contributed by atoms with Gasteiger partial charge in [-0.15, -0.1) is 0 Å². The van der Waals surface area contributed by atoms with Gasteiger partial charge in [0, 0.05) is 25.2 Å². The van der Waals surface area contributed by atoms with E-state index < -0.39 is 5.60 Å². The van der Waals surface area contributed by atoms with Crippen LogP contribution in [0.1, 0.15) is 59.8 Å². The Kier molecular flexibility index (Phi) is 4.95. The lowest BCUT2D eigenvalue weighted by atomic mass is 10.1. The predicted molar refractivity (Wildman–Crippen MR) is 80.8 cm³/mol. The molecule has 0 aromatic heterocycles. The first kappa shape index (κ1) is 15.6. The third kappa shape index (κ3) is 4.65. The van der Waals surface area contributed by atoms with Crippen molar-refractivity contribution in [2.24, 2.45) is 5.92 Å². The monoisotopic (exact) mass is 282 g/mol. The molecule has 2 fully saturated rings. The van der Waals surface area contributed by atoms with Gasteiger partial charge < -0.3 is 15.0 Å². The Balaban J connectivity index is 1.76.